The van der Waals surface area contributed by atoms with Crippen LogP contribution in [-0.2, 0) is 4.74 Å². The van der Waals surface area contributed by atoms with E-state index in [1.807, 2.05) is 0 Å². The minimum Gasteiger partial charge on any atom is -0.464 e. The molecule has 0 amide bonds. The number of hydrogen-bond donors (Lipinski definition) is 0. The summed E-state index contributed by atoms with van der Waals surface area (Å²) in [6.07, 6.45) is -1.45. The van der Waals surface area contributed by atoms with Gasteiger partial charge in [-0.05, 0) is 28.7 Å². The van der Waals surface area contributed by atoms with E-state index in [-0.39, 0.29) is 14.8 Å². The van der Waals surface area contributed by atoms with E-state index < -0.39 is 12.4 Å². The third kappa shape index (κ3) is 2.17. The van der Waals surface area contributed by atoms with Crippen LogP contribution in [0.15, 0.2) is 12.3 Å². The summed E-state index contributed by atoms with van der Waals surface area (Å²) in [6.45, 7) is 0. The molecule has 0 aromatic carbocycles. The second kappa shape index (κ2) is 4.63. The standard InChI is InChI=1S/C8H6F2INO2/c1-14-8(13)6-5(11)4(7(9)10)2-3-12-6/h2-3,7H,1H3. The average Bonchev–Trinajstić information content (AvgIpc) is 2.16. The first kappa shape index (κ1) is 11.3. The van der Waals surface area contributed by atoms with Gasteiger partial charge in [0.25, 0.3) is 6.43 Å². The molecule has 0 fully saturated rings. The number of hydrogen-bond acceptors (Lipinski definition) is 3. The fourth-order valence-electron chi connectivity index (χ4n) is 0.866. The van der Waals surface area contributed by atoms with Crippen molar-refractivity contribution >= 4 is 28.6 Å². The number of aromatic nitrogens is 1. The monoisotopic (exact) mass is 313 g/mol. The maximum absolute atomic E-state index is 12.4. The van der Waals surface area contributed by atoms with Crippen LogP contribution in [0.25, 0.3) is 0 Å². The van der Waals surface area contributed by atoms with Gasteiger partial charge in [0.1, 0.15) is 0 Å². The highest BCUT2D eigenvalue weighted by Crippen LogP contribution is 2.25. The van der Waals surface area contributed by atoms with E-state index in [1.165, 1.54) is 13.2 Å². The van der Waals surface area contributed by atoms with Gasteiger partial charge in [0.05, 0.1) is 10.7 Å². The lowest BCUT2D eigenvalue weighted by Gasteiger charge is -2.06. The molecule has 76 valence electrons. The summed E-state index contributed by atoms with van der Waals surface area (Å²) in [5.41, 5.74) is -0.285. The second-order valence-electron chi connectivity index (χ2n) is 2.36. The molecule has 0 N–H and O–H groups in total. The number of carbonyl (C=O) groups excluding carboxylic acids is 1. The Morgan fingerprint density at radius 2 is 2.29 bits per heavy atom. The molecule has 3 nitrogen and oxygen atoms in total. The minimum atomic E-state index is -2.62. The number of halogens is 3. The molecule has 1 aromatic heterocycles. The lowest BCUT2D eigenvalue weighted by molar-refractivity contribution is 0.0592. The summed E-state index contributed by atoms with van der Waals surface area (Å²) in [7, 11) is 1.18. The normalized spacial score (nSPS) is 10.4. The van der Waals surface area contributed by atoms with E-state index in [4.69, 9.17) is 0 Å². The first-order valence-electron chi connectivity index (χ1n) is 3.58. The number of ether oxygens (including phenoxy) is 1. The fraction of sp³-hybridized carbons (Fsp3) is 0.250. The highest BCUT2D eigenvalue weighted by molar-refractivity contribution is 14.1. The maximum Gasteiger partial charge on any atom is 0.357 e. The molecule has 0 aliphatic carbocycles. The van der Waals surface area contributed by atoms with Crippen molar-refractivity contribution in [3.8, 4) is 0 Å². The van der Waals surface area contributed by atoms with Crippen molar-refractivity contribution in [1.82, 2.24) is 4.98 Å². The Hall–Kier alpha value is -0.790. The quantitative estimate of drug-likeness (QED) is 0.622. The SMILES string of the molecule is COC(=O)c1nccc(C(F)F)c1I. The van der Waals surface area contributed by atoms with Crippen LogP contribution in [0.4, 0.5) is 8.78 Å². The van der Waals surface area contributed by atoms with E-state index in [0.717, 1.165) is 6.20 Å². The van der Waals surface area contributed by atoms with Crippen molar-refractivity contribution in [1.29, 1.82) is 0 Å². The van der Waals surface area contributed by atoms with E-state index in [1.54, 1.807) is 22.6 Å². The molecule has 0 saturated heterocycles. The van der Waals surface area contributed by atoms with Gasteiger partial charge in [-0.15, -0.1) is 0 Å². The van der Waals surface area contributed by atoms with Crippen LogP contribution >= 0.6 is 22.6 Å². The Bertz CT molecular complexity index is 357. The van der Waals surface area contributed by atoms with Crippen LogP contribution in [0.3, 0.4) is 0 Å². The van der Waals surface area contributed by atoms with E-state index >= 15 is 0 Å². The largest absolute Gasteiger partial charge is 0.464 e. The number of methoxy groups -OCH3 is 1. The number of alkyl halides is 2. The lowest BCUT2D eigenvalue weighted by atomic mass is 10.2. The molecule has 1 aromatic rings. The lowest BCUT2D eigenvalue weighted by Crippen LogP contribution is -2.08. The van der Waals surface area contributed by atoms with E-state index in [2.05, 4.69) is 9.72 Å². The van der Waals surface area contributed by atoms with Crippen molar-refractivity contribution in [2.24, 2.45) is 0 Å². The Morgan fingerprint density at radius 1 is 1.64 bits per heavy atom. The molecule has 0 bridgehead atoms. The molecule has 1 rings (SSSR count). The van der Waals surface area contributed by atoms with Gasteiger partial charge >= 0.3 is 5.97 Å². The van der Waals surface area contributed by atoms with Crippen LogP contribution < -0.4 is 0 Å². The zero-order chi connectivity index (χ0) is 10.7. The van der Waals surface area contributed by atoms with E-state index in [0.29, 0.717) is 0 Å². The zero-order valence-corrected chi connectivity index (χ0v) is 9.29. The molecule has 0 aliphatic rings. The summed E-state index contributed by atoms with van der Waals surface area (Å²) in [5.74, 6) is -0.711. The molecular weight excluding hydrogens is 307 g/mol. The number of nitrogens with zero attached hydrogens (tertiary/aromatic N) is 1. The van der Waals surface area contributed by atoms with Crippen LogP contribution in [0.5, 0.6) is 0 Å². The van der Waals surface area contributed by atoms with Crippen LogP contribution in [-0.4, -0.2) is 18.1 Å². The van der Waals surface area contributed by atoms with Crippen molar-refractivity contribution < 1.29 is 18.3 Å². The smallest absolute Gasteiger partial charge is 0.357 e. The van der Waals surface area contributed by atoms with Gasteiger partial charge in [-0.25, -0.2) is 18.6 Å². The molecule has 0 spiro atoms. The molecule has 0 saturated carbocycles. The summed E-state index contributed by atoms with van der Waals surface area (Å²) in [6, 6.07) is 1.18. The van der Waals surface area contributed by atoms with Gasteiger partial charge in [0.2, 0.25) is 0 Å². The number of rotatable bonds is 2. The number of carbonyl (C=O) groups is 1. The van der Waals surface area contributed by atoms with Crippen molar-refractivity contribution in [2.45, 2.75) is 6.43 Å². The fourth-order valence-corrected chi connectivity index (χ4v) is 1.64. The van der Waals surface area contributed by atoms with Crippen molar-refractivity contribution in [3.05, 3.63) is 27.1 Å². The minimum absolute atomic E-state index is 0.0779. The van der Waals surface area contributed by atoms with Crippen molar-refractivity contribution in [2.75, 3.05) is 7.11 Å². The van der Waals surface area contributed by atoms with Gasteiger partial charge in [0.15, 0.2) is 5.69 Å². The van der Waals surface area contributed by atoms with E-state index in [9.17, 15) is 13.6 Å². The highest BCUT2D eigenvalue weighted by Gasteiger charge is 2.19. The molecule has 1 heterocycles. The highest BCUT2D eigenvalue weighted by atomic mass is 127. The predicted molar refractivity (Wildman–Crippen MR) is 53.3 cm³/mol. The molecule has 0 aliphatic heterocycles. The molecule has 0 atom stereocenters. The molecule has 6 heteroatoms. The third-order valence-electron chi connectivity index (χ3n) is 1.53. The zero-order valence-electron chi connectivity index (χ0n) is 7.13. The summed E-state index contributed by atoms with van der Waals surface area (Å²) >= 11 is 1.65. The summed E-state index contributed by atoms with van der Waals surface area (Å²) < 4.78 is 29.3. The van der Waals surface area contributed by atoms with Crippen LogP contribution in [0.1, 0.15) is 22.5 Å². The van der Waals surface area contributed by atoms with Crippen LogP contribution in [0, 0.1) is 3.57 Å². The first-order chi connectivity index (χ1) is 6.57. The summed E-state index contributed by atoms with van der Waals surface area (Å²) in [5, 5.41) is 0. The van der Waals surface area contributed by atoms with Gasteiger partial charge < -0.3 is 4.74 Å². The third-order valence-corrected chi connectivity index (χ3v) is 2.67. The Kier molecular flexibility index (Phi) is 3.73. The maximum atomic E-state index is 12.4. The topological polar surface area (TPSA) is 39.2 Å². The number of pyridine rings is 1. The van der Waals surface area contributed by atoms with Crippen molar-refractivity contribution in [3.63, 3.8) is 0 Å². The van der Waals surface area contributed by atoms with Gasteiger partial charge in [0, 0.05) is 11.8 Å². The molecule has 0 radical (unpaired) electrons. The molecule has 14 heavy (non-hydrogen) atoms. The molecular formula is C8H6F2INO2. The van der Waals surface area contributed by atoms with Crippen LogP contribution in [0.2, 0.25) is 0 Å². The van der Waals surface area contributed by atoms with Gasteiger partial charge in [-0.3, -0.25) is 0 Å². The molecule has 0 unspecified atom stereocenters. The number of esters is 1. The Morgan fingerprint density at radius 3 is 2.79 bits per heavy atom. The second-order valence-corrected chi connectivity index (χ2v) is 3.43. The summed E-state index contributed by atoms with van der Waals surface area (Å²) in [4.78, 5) is 14.8. The Balaban J connectivity index is 3.20. The predicted octanol–water partition coefficient (Wildman–Crippen LogP) is 2.41. The Labute approximate surface area is 92.6 Å². The average molecular weight is 313 g/mol. The van der Waals surface area contributed by atoms with Gasteiger partial charge in [-0.2, -0.15) is 0 Å². The first-order valence-corrected chi connectivity index (χ1v) is 4.66. The van der Waals surface area contributed by atoms with Gasteiger partial charge in [-0.1, -0.05) is 0 Å².